The van der Waals surface area contributed by atoms with Gasteiger partial charge in [-0.15, -0.1) is 11.3 Å². The van der Waals surface area contributed by atoms with Crippen molar-refractivity contribution in [3.8, 4) is 0 Å². The highest BCUT2D eigenvalue weighted by Gasteiger charge is 2.57. The van der Waals surface area contributed by atoms with E-state index in [2.05, 4.69) is 15.3 Å². The lowest BCUT2D eigenvalue weighted by atomic mass is 9.85. The van der Waals surface area contributed by atoms with Crippen molar-refractivity contribution in [3.63, 3.8) is 0 Å². The molecule has 39 heavy (non-hydrogen) atoms. The van der Waals surface area contributed by atoms with E-state index in [0.29, 0.717) is 58.6 Å². The van der Waals surface area contributed by atoms with E-state index in [4.69, 9.17) is 4.74 Å². The second-order valence-corrected chi connectivity index (χ2v) is 10.9. The first-order valence-corrected chi connectivity index (χ1v) is 13.7. The monoisotopic (exact) mass is 555 g/mol. The maximum Gasteiger partial charge on any atom is 0.337 e. The molecule has 0 saturated carbocycles. The number of halogens is 1. The molecule has 2 aromatic rings. The van der Waals surface area contributed by atoms with E-state index >= 15 is 4.39 Å². The Hall–Kier alpha value is -3.64. The SMILES string of the molecule is CCOC(=O)C1=C(CN2CCC3(F)C(=O)N(c4cc(C)c(C(=O)O)cc4C)CC3C2)NC(c2nccs2)=NC1. The highest BCUT2D eigenvalue weighted by atomic mass is 32.1. The van der Waals surface area contributed by atoms with Gasteiger partial charge >= 0.3 is 11.9 Å². The normalized spacial score (nSPS) is 23.4. The Kier molecular flexibility index (Phi) is 7.25. The van der Waals surface area contributed by atoms with Crippen LogP contribution in [0.1, 0.15) is 39.8 Å². The van der Waals surface area contributed by atoms with Crippen molar-refractivity contribution in [2.75, 3.05) is 44.2 Å². The third-order valence-corrected chi connectivity index (χ3v) is 8.33. The summed E-state index contributed by atoms with van der Waals surface area (Å²) in [6.45, 7) is 6.69. The van der Waals surface area contributed by atoms with Gasteiger partial charge in [0.2, 0.25) is 0 Å². The zero-order valence-electron chi connectivity index (χ0n) is 22.0. The summed E-state index contributed by atoms with van der Waals surface area (Å²) < 4.78 is 21.4. The number of amides is 1. The minimum absolute atomic E-state index is 0.0215. The van der Waals surface area contributed by atoms with E-state index in [1.807, 2.05) is 10.3 Å². The van der Waals surface area contributed by atoms with Crippen molar-refractivity contribution < 1.29 is 28.6 Å². The predicted octanol–water partition coefficient (Wildman–Crippen LogP) is 2.70. The lowest BCUT2D eigenvalue weighted by Crippen LogP contribution is -2.52. The van der Waals surface area contributed by atoms with Gasteiger partial charge in [0, 0.05) is 61.5 Å². The highest BCUT2D eigenvalue weighted by molar-refractivity contribution is 7.11. The van der Waals surface area contributed by atoms with Crippen LogP contribution < -0.4 is 10.2 Å². The number of piperidine rings is 1. The van der Waals surface area contributed by atoms with E-state index < -0.39 is 29.4 Å². The summed E-state index contributed by atoms with van der Waals surface area (Å²) in [6, 6.07) is 3.18. The van der Waals surface area contributed by atoms with Gasteiger partial charge in [-0.1, -0.05) is 0 Å². The summed E-state index contributed by atoms with van der Waals surface area (Å²) in [5.74, 6) is -2.09. The number of amidine groups is 1. The summed E-state index contributed by atoms with van der Waals surface area (Å²) >= 11 is 1.43. The molecule has 10 nitrogen and oxygen atoms in total. The molecule has 2 unspecified atom stereocenters. The number of aromatic nitrogens is 1. The maximum absolute atomic E-state index is 16.2. The molecule has 1 amide bonds. The third kappa shape index (κ3) is 4.94. The van der Waals surface area contributed by atoms with Gasteiger partial charge in [-0.3, -0.25) is 14.7 Å². The zero-order valence-corrected chi connectivity index (χ0v) is 22.8. The molecule has 2 saturated heterocycles. The van der Waals surface area contributed by atoms with Crippen LogP contribution >= 0.6 is 11.3 Å². The molecule has 206 valence electrons. The standard InChI is InChI=1S/C27H30FN5O5S/c1-4-38-25(36)19-11-30-22(23-29-6-8-39-23)31-20(19)14-32-7-5-27(28)17(12-32)13-33(26(27)37)21-10-15(2)18(24(34)35)9-16(21)3/h6,8-10,17H,4-5,7,11-14H2,1-3H3,(H,30,31)(H,34,35). The predicted molar refractivity (Wildman–Crippen MR) is 144 cm³/mol. The van der Waals surface area contributed by atoms with Crippen molar-refractivity contribution in [1.82, 2.24) is 15.2 Å². The Morgan fingerprint density at radius 1 is 1.28 bits per heavy atom. The molecule has 3 aliphatic rings. The van der Waals surface area contributed by atoms with Crippen molar-refractivity contribution in [2.45, 2.75) is 32.9 Å². The number of carbonyl (C=O) groups is 3. The number of fused-ring (bicyclic) bond motifs is 1. The first kappa shape index (κ1) is 26.9. The molecular weight excluding hydrogens is 525 g/mol. The number of esters is 1. The summed E-state index contributed by atoms with van der Waals surface area (Å²) in [4.78, 5) is 49.8. The van der Waals surface area contributed by atoms with E-state index in [-0.39, 0.29) is 31.7 Å². The number of hydrogen-bond acceptors (Lipinski definition) is 9. The van der Waals surface area contributed by atoms with Gasteiger partial charge in [0.25, 0.3) is 5.91 Å². The molecule has 2 fully saturated rings. The number of ether oxygens (including phenoxy) is 1. The smallest absolute Gasteiger partial charge is 0.337 e. The van der Waals surface area contributed by atoms with E-state index in [1.165, 1.54) is 22.3 Å². The van der Waals surface area contributed by atoms with Crippen molar-refractivity contribution >= 4 is 40.7 Å². The number of aryl methyl sites for hydroxylation is 2. The van der Waals surface area contributed by atoms with E-state index in [9.17, 15) is 19.5 Å². The Balaban J connectivity index is 1.36. The molecule has 3 aliphatic heterocycles. The first-order chi connectivity index (χ1) is 18.6. The number of alkyl halides is 1. The zero-order chi connectivity index (χ0) is 27.9. The number of aliphatic imine (C=N–C) groups is 1. The third-order valence-electron chi connectivity index (χ3n) is 7.55. The number of carboxylic acid groups (broad SMARTS) is 1. The Bertz CT molecular complexity index is 1390. The minimum Gasteiger partial charge on any atom is -0.478 e. The molecule has 0 spiro atoms. The van der Waals surface area contributed by atoms with Gasteiger partial charge in [0.15, 0.2) is 16.5 Å². The summed E-state index contributed by atoms with van der Waals surface area (Å²) in [5, 5.41) is 15.2. The number of aromatic carboxylic acids is 1. The van der Waals surface area contributed by atoms with Crippen LogP contribution in [-0.2, 0) is 14.3 Å². The van der Waals surface area contributed by atoms with Crippen molar-refractivity contribution in [1.29, 1.82) is 0 Å². The molecule has 12 heteroatoms. The van der Waals surface area contributed by atoms with Crippen LogP contribution in [-0.4, -0.2) is 83.7 Å². The van der Waals surface area contributed by atoms with E-state index in [0.717, 1.165) is 0 Å². The molecular formula is C27H30FN5O5S. The van der Waals surface area contributed by atoms with Crippen LogP contribution in [0.25, 0.3) is 0 Å². The van der Waals surface area contributed by atoms with Crippen LogP contribution in [0.15, 0.2) is 40.0 Å². The number of benzene rings is 1. The lowest BCUT2D eigenvalue weighted by Gasteiger charge is -2.37. The number of hydrogen-bond donors (Lipinski definition) is 2. The Morgan fingerprint density at radius 2 is 2.08 bits per heavy atom. The molecule has 2 N–H and O–H groups in total. The topological polar surface area (TPSA) is 124 Å². The van der Waals surface area contributed by atoms with Crippen molar-refractivity contribution in [2.24, 2.45) is 10.9 Å². The van der Waals surface area contributed by atoms with Gasteiger partial charge in [-0.2, -0.15) is 0 Å². The highest BCUT2D eigenvalue weighted by Crippen LogP contribution is 2.42. The van der Waals surface area contributed by atoms with Crippen molar-refractivity contribution in [3.05, 3.63) is 56.7 Å². The van der Waals surface area contributed by atoms with E-state index in [1.54, 1.807) is 33.0 Å². The number of thiazole rings is 1. The molecule has 2 atom stereocenters. The molecule has 0 aliphatic carbocycles. The lowest BCUT2D eigenvalue weighted by molar-refractivity contribution is -0.138. The van der Waals surface area contributed by atoms with Gasteiger partial charge < -0.3 is 20.1 Å². The fraction of sp³-hybridized carbons (Fsp3) is 0.444. The number of rotatable bonds is 7. The second kappa shape index (κ2) is 10.5. The first-order valence-electron chi connectivity index (χ1n) is 12.8. The fourth-order valence-electron chi connectivity index (χ4n) is 5.50. The van der Waals surface area contributed by atoms with Crippen LogP contribution in [0.2, 0.25) is 0 Å². The van der Waals surface area contributed by atoms with Crippen LogP contribution in [0, 0.1) is 19.8 Å². The fourth-order valence-corrected chi connectivity index (χ4v) is 6.09. The van der Waals surface area contributed by atoms with Gasteiger partial charge in [0.05, 0.1) is 24.3 Å². The molecule has 0 radical (unpaired) electrons. The Labute approximate surface area is 229 Å². The number of nitrogens with zero attached hydrogens (tertiary/aromatic N) is 4. The van der Waals surface area contributed by atoms with Gasteiger partial charge in [0.1, 0.15) is 0 Å². The Morgan fingerprint density at radius 3 is 2.77 bits per heavy atom. The second-order valence-electron chi connectivity index (χ2n) is 10.0. The van der Waals surface area contributed by atoms with Crippen LogP contribution in [0.5, 0.6) is 0 Å². The summed E-state index contributed by atoms with van der Waals surface area (Å²) in [5.41, 5.74) is 0.863. The number of carbonyl (C=O) groups excluding carboxylic acids is 2. The summed E-state index contributed by atoms with van der Waals surface area (Å²) in [7, 11) is 0. The molecule has 5 rings (SSSR count). The minimum atomic E-state index is -2.01. The largest absolute Gasteiger partial charge is 0.478 e. The number of nitrogens with one attached hydrogen (secondary N) is 1. The number of likely N-dealkylation sites (tertiary alicyclic amines) is 1. The van der Waals surface area contributed by atoms with Gasteiger partial charge in [-0.25, -0.2) is 19.0 Å². The average molecular weight is 556 g/mol. The average Bonchev–Trinajstić information content (AvgIpc) is 3.53. The quantitative estimate of drug-likeness (QED) is 0.500. The number of carboxylic acids is 1. The van der Waals surface area contributed by atoms with Crippen LogP contribution in [0.3, 0.4) is 0 Å². The molecule has 4 heterocycles. The number of anilines is 1. The summed E-state index contributed by atoms with van der Waals surface area (Å²) in [6.07, 6.45) is 1.70. The molecule has 1 aromatic carbocycles. The molecule has 1 aromatic heterocycles. The van der Waals surface area contributed by atoms with Crippen LogP contribution in [0.4, 0.5) is 10.1 Å². The molecule has 0 bridgehead atoms. The maximum atomic E-state index is 16.2. The van der Waals surface area contributed by atoms with Gasteiger partial charge in [-0.05, 0) is 44.0 Å².